The van der Waals surface area contributed by atoms with Crippen molar-refractivity contribution in [3.05, 3.63) is 12.7 Å². The SMILES string of the molecule is C#C[C@@]1(O)CCCC[C@H]1NCC=C. The third-order valence-corrected chi connectivity index (χ3v) is 2.64. The van der Waals surface area contributed by atoms with E-state index in [1.165, 1.54) is 0 Å². The van der Waals surface area contributed by atoms with E-state index in [4.69, 9.17) is 6.42 Å². The first-order valence-corrected chi connectivity index (χ1v) is 4.77. The normalized spacial score (nSPS) is 33.7. The quantitative estimate of drug-likeness (QED) is 0.502. The Morgan fingerprint density at radius 2 is 2.46 bits per heavy atom. The minimum Gasteiger partial charge on any atom is -0.376 e. The van der Waals surface area contributed by atoms with E-state index in [-0.39, 0.29) is 6.04 Å². The van der Waals surface area contributed by atoms with E-state index in [2.05, 4.69) is 17.8 Å². The van der Waals surface area contributed by atoms with E-state index in [1.807, 2.05) is 0 Å². The van der Waals surface area contributed by atoms with E-state index in [0.29, 0.717) is 13.0 Å². The summed E-state index contributed by atoms with van der Waals surface area (Å²) in [6, 6.07) is 0.0317. The third-order valence-electron chi connectivity index (χ3n) is 2.64. The van der Waals surface area contributed by atoms with Crippen molar-refractivity contribution >= 4 is 0 Å². The summed E-state index contributed by atoms with van der Waals surface area (Å²) >= 11 is 0. The molecule has 1 fully saturated rings. The van der Waals surface area contributed by atoms with Crippen LogP contribution in [0.1, 0.15) is 25.7 Å². The number of aliphatic hydroxyl groups is 1. The Kier molecular flexibility index (Phi) is 3.53. The van der Waals surface area contributed by atoms with Crippen LogP contribution in [0.2, 0.25) is 0 Å². The van der Waals surface area contributed by atoms with Crippen LogP contribution in [0.5, 0.6) is 0 Å². The van der Waals surface area contributed by atoms with Crippen LogP contribution in [0.25, 0.3) is 0 Å². The summed E-state index contributed by atoms with van der Waals surface area (Å²) in [7, 11) is 0. The lowest BCUT2D eigenvalue weighted by Crippen LogP contribution is -2.51. The lowest BCUT2D eigenvalue weighted by molar-refractivity contribution is 0.0276. The molecule has 2 atom stereocenters. The molecule has 1 saturated carbocycles. The summed E-state index contributed by atoms with van der Waals surface area (Å²) in [5.74, 6) is 2.50. The topological polar surface area (TPSA) is 32.3 Å². The van der Waals surface area contributed by atoms with Gasteiger partial charge in [-0.3, -0.25) is 0 Å². The van der Waals surface area contributed by atoms with Gasteiger partial charge in [0.2, 0.25) is 0 Å². The second-order valence-corrected chi connectivity index (χ2v) is 3.56. The molecule has 1 rings (SSSR count). The molecule has 1 aliphatic carbocycles. The summed E-state index contributed by atoms with van der Waals surface area (Å²) < 4.78 is 0. The number of nitrogens with one attached hydrogen (secondary N) is 1. The predicted molar refractivity (Wildman–Crippen MR) is 54.2 cm³/mol. The van der Waals surface area contributed by atoms with Gasteiger partial charge in [0, 0.05) is 12.6 Å². The zero-order valence-electron chi connectivity index (χ0n) is 7.92. The molecule has 0 aromatic carbocycles. The van der Waals surface area contributed by atoms with E-state index < -0.39 is 5.60 Å². The number of terminal acetylenes is 1. The highest BCUT2D eigenvalue weighted by molar-refractivity contribution is 5.14. The molecule has 0 aromatic heterocycles. The van der Waals surface area contributed by atoms with Crippen molar-refractivity contribution in [2.75, 3.05) is 6.54 Å². The maximum atomic E-state index is 10.0. The smallest absolute Gasteiger partial charge is 0.140 e. The monoisotopic (exact) mass is 179 g/mol. The van der Waals surface area contributed by atoms with Crippen LogP contribution in [0, 0.1) is 12.3 Å². The van der Waals surface area contributed by atoms with Gasteiger partial charge in [-0.15, -0.1) is 13.0 Å². The summed E-state index contributed by atoms with van der Waals surface area (Å²) in [4.78, 5) is 0. The molecule has 2 N–H and O–H groups in total. The fraction of sp³-hybridized carbons (Fsp3) is 0.636. The van der Waals surface area contributed by atoms with Gasteiger partial charge in [-0.1, -0.05) is 18.4 Å². The molecule has 0 unspecified atom stereocenters. The predicted octanol–water partition coefficient (Wildman–Crippen LogP) is 1.07. The van der Waals surface area contributed by atoms with Crippen LogP contribution in [-0.4, -0.2) is 23.3 Å². The zero-order chi connectivity index (χ0) is 9.73. The lowest BCUT2D eigenvalue weighted by atomic mass is 9.81. The van der Waals surface area contributed by atoms with Crippen molar-refractivity contribution in [1.29, 1.82) is 0 Å². The van der Waals surface area contributed by atoms with Gasteiger partial charge in [-0.05, 0) is 19.3 Å². The van der Waals surface area contributed by atoms with Gasteiger partial charge in [0.25, 0.3) is 0 Å². The van der Waals surface area contributed by atoms with E-state index in [1.54, 1.807) is 6.08 Å². The van der Waals surface area contributed by atoms with Gasteiger partial charge in [0.1, 0.15) is 5.60 Å². The average molecular weight is 179 g/mol. The summed E-state index contributed by atoms with van der Waals surface area (Å²) in [5, 5.41) is 13.2. The molecule has 2 nitrogen and oxygen atoms in total. The Labute approximate surface area is 80.0 Å². The Morgan fingerprint density at radius 3 is 3.08 bits per heavy atom. The summed E-state index contributed by atoms with van der Waals surface area (Å²) in [5.41, 5.74) is -0.943. The minimum absolute atomic E-state index is 0.0317. The van der Waals surface area contributed by atoms with Crippen molar-refractivity contribution in [3.63, 3.8) is 0 Å². The molecular formula is C11H17NO. The van der Waals surface area contributed by atoms with Gasteiger partial charge in [0.15, 0.2) is 0 Å². The first-order valence-electron chi connectivity index (χ1n) is 4.77. The second-order valence-electron chi connectivity index (χ2n) is 3.56. The molecule has 0 aliphatic heterocycles. The third kappa shape index (κ3) is 2.33. The van der Waals surface area contributed by atoms with E-state index in [0.717, 1.165) is 19.3 Å². The molecule has 0 bridgehead atoms. The maximum Gasteiger partial charge on any atom is 0.140 e. The van der Waals surface area contributed by atoms with Crippen LogP contribution in [0.15, 0.2) is 12.7 Å². The van der Waals surface area contributed by atoms with Gasteiger partial charge in [-0.2, -0.15) is 0 Å². The van der Waals surface area contributed by atoms with Gasteiger partial charge >= 0.3 is 0 Å². The highest BCUT2D eigenvalue weighted by atomic mass is 16.3. The van der Waals surface area contributed by atoms with Gasteiger partial charge in [0.05, 0.1) is 0 Å². The summed E-state index contributed by atoms with van der Waals surface area (Å²) in [6.45, 7) is 4.33. The van der Waals surface area contributed by atoms with Crippen LogP contribution in [0.4, 0.5) is 0 Å². The van der Waals surface area contributed by atoms with E-state index >= 15 is 0 Å². The first-order chi connectivity index (χ1) is 6.23. The van der Waals surface area contributed by atoms with Crippen LogP contribution in [-0.2, 0) is 0 Å². The van der Waals surface area contributed by atoms with Crippen LogP contribution in [0.3, 0.4) is 0 Å². The van der Waals surface area contributed by atoms with Crippen molar-refractivity contribution in [3.8, 4) is 12.3 Å². The molecule has 0 saturated heterocycles. The molecule has 72 valence electrons. The zero-order valence-corrected chi connectivity index (χ0v) is 7.92. The van der Waals surface area contributed by atoms with Gasteiger partial charge in [-0.25, -0.2) is 0 Å². The number of hydrogen-bond acceptors (Lipinski definition) is 2. The first kappa shape index (κ1) is 10.3. The van der Waals surface area contributed by atoms with Gasteiger partial charge < -0.3 is 10.4 Å². The highest BCUT2D eigenvalue weighted by Gasteiger charge is 2.36. The molecule has 0 heterocycles. The second kappa shape index (κ2) is 4.45. The van der Waals surface area contributed by atoms with Crippen molar-refractivity contribution in [1.82, 2.24) is 5.32 Å². The Morgan fingerprint density at radius 1 is 1.69 bits per heavy atom. The summed E-state index contributed by atoms with van der Waals surface area (Å²) in [6.07, 6.45) is 10.9. The highest BCUT2D eigenvalue weighted by Crippen LogP contribution is 2.27. The Bertz CT molecular complexity index is 219. The Balaban J connectivity index is 2.57. The number of rotatable bonds is 3. The molecular weight excluding hydrogens is 162 g/mol. The fourth-order valence-corrected chi connectivity index (χ4v) is 1.83. The molecule has 0 aromatic rings. The molecule has 13 heavy (non-hydrogen) atoms. The van der Waals surface area contributed by atoms with Crippen molar-refractivity contribution in [2.45, 2.75) is 37.3 Å². The standard InChI is InChI=1S/C11H17NO/c1-3-9-12-10-7-5-6-8-11(10,13)4-2/h2-3,10,12-13H,1,5-9H2/t10-,11-/m1/s1. The minimum atomic E-state index is -0.943. The maximum absolute atomic E-state index is 10.0. The Hall–Kier alpha value is -0.780. The molecule has 2 heteroatoms. The van der Waals surface area contributed by atoms with Crippen LogP contribution >= 0.6 is 0 Å². The van der Waals surface area contributed by atoms with Crippen LogP contribution < -0.4 is 5.32 Å². The largest absolute Gasteiger partial charge is 0.376 e. The lowest BCUT2D eigenvalue weighted by Gasteiger charge is -2.36. The number of hydrogen-bond donors (Lipinski definition) is 2. The molecule has 0 spiro atoms. The van der Waals surface area contributed by atoms with Crippen molar-refractivity contribution in [2.24, 2.45) is 0 Å². The van der Waals surface area contributed by atoms with E-state index in [9.17, 15) is 5.11 Å². The van der Waals surface area contributed by atoms with Crippen molar-refractivity contribution < 1.29 is 5.11 Å². The average Bonchev–Trinajstić information content (AvgIpc) is 2.17. The molecule has 1 aliphatic rings. The fourth-order valence-electron chi connectivity index (χ4n) is 1.83. The molecule has 0 radical (unpaired) electrons. The molecule has 0 amide bonds.